The molecule has 0 fully saturated rings. The lowest BCUT2D eigenvalue weighted by atomic mass is 10.0. The van der Waals surface area contributed by atoms with E-state index in [2.05, 4.69) is 12.6 Å². The van der Waals surface area contributed by atoms with Gasteiger partial charge in [-0.25, -0.2) is 0 Å². The smallest absolute Gasteiger partial charge is 0.320 e. The summed E-state index contributed by atoms with van der Waals surface area (Å²) in [6.45, 7) is 0. The summed E-state index contributed by atoms with van der Waals surface area (Å²) in [4.78, 5) is 23.1. The first kappa shape index (κ1) is 13.4. The van der Waals surface area contributed by atoms with E-state index >= 15 is 0 Å². The molecule has 19 heavy (non-hydrogen) atoms. The van der Waals surface area contributed by atoms with E-state index in [0.29, 0.717) is 16.7 Å². The minimum atomic E-state index is -1.03. The number of hydrogen-bond acceptors (Lipinski definition) is 3. The number of carboxylic acid groups (broad SMARTS) is 1. The van der Waals surface area contributed by atoms with Gasteiger partial charge in [0.2, 0.25) is 0 Å². The van der Waals surface area contributed by atoms with Crippen LogP contribution >= 0.6 is 12.6 Å². The van der Waals surface area contributed by atoms with E-state index in [9.17, 15) is 9.59 Å². The van der Waals surface area contributed by atoms with Crippen molar-refractivity contribution in [1.82, 2.24) is 0 Å². The summed E-state index contributed by atoms with van der Waals surface area (Å²) >= 11 is 4.01. The predicted octanol–water partition coefficient (Wildman–Crippen LogP) is 2.97. The van der Waals surface area contributed by atoms with E-state index in [1.807, 2.05) is 6.07 Å². The molecule has 0 amide bonds. The van der Waals surface area contributed by atoms with Gasteiger partial charge in [-0.2, -0.15) is 12.6 Å². The fourth-order valence-electron chi connectivity index (χ4n) is 1.75. The van der Waals surface area contributed by atoms with E-state index in [1.54, 1.807) is 48.5 Å². The van der Waals surface area contributed by atoms with Crippen molar-refractivity contribution in [3.05, 3.63) is 71.3 Å². The second-order valence-electron chi connectivity index (χ2n) is 4.06. The Balaban J connectivity index is 2.34. The molecule has 0 heterocycles. The molecule has 0 aliphatic carbocycles. The van der Waals surface area contributed by atoms with Crippen LogP contribution in [0.15, 0.2) is 54.6 Å². The van der Waals surface area contributed by atoms with Crippen molar-refractivity contribution < 1.29 is 14.7 Å². The molecule has 1 unspecified atom stereocenters. The lowest BCUT2D eigenvalue weighted by Crippen LogP contribution is -2.07. The molecule has 0 saturated carbocycles. The van der Waals surface area contributed by atoms with E-state index in [0.717, 1.165) is 0 Å². The number of ketones is 1. The van der Waals surface area contributed by atoms with Crippen LogP contribution in [0.25, 0.3) is 0 Å². The number of benzene rings is 2. The first-order valence-corrected chi connectivity index (χ1v) is 6.22. The number of carbonyl (C=O) groups is 2. The fourth-order valence-corrected chi connectivity index (χ4v) is 1.91. The van der Waals surface area contributed by atoms with Crippen LogP contribution in [0.3, 0.4) is 0 Å². The molecule has 0 spiro atoms. The monoisotopic (exact) mass is 272 g/mol. The molecule has 0 aliphatic heterocycles. The molecule has 0 aliphatic rings. The van der Waals surface area contributed by atoms with Gasteiger partial charge >= 0.3 is 5.97 Å². The van der Waals surface area contributed by atoms with Crippen molar-refractivity contribution in [2.45, 2.75) is 5.25 Å². The maximum Gasteiger partial charge on any atom is 0.320 e. The summed E-state index contributed by atoms with van der Waals surface area (Å²) in [7, 11) is 0. The lowest BCUT2D eigenvalue weighted by molar-refractivity contribution is -0.136. The fraction of sp³-hybridized carbons (Fsp3) is 0.0667. The normalized spacial score (nSPS) is 11.8. The molecule has 1 atom stereocenters. The Bertz CT molecular complexity index is 608. The van der Waals surface area contributed by atoms with Crippen molar-refractivity contribution in [3.63, 3.8) is 0 Å². The zero-order valence-electron chi connectivity index (χ0n) is 9.98. The van der Waals surface area contributed by atoms with Crippen LogP contribution in [0.4, 0.5) is 0 Å². The molecule has 2 aromatic rings. The highest BCUT2D eigenvalue weighted by molar-refractivity contribution is 7.81. The molecule has 2 rings (SSSR count). The Labute approximate surface area is 116 Å². The Hall–Kier alpha value is -2.07. The SMILES string of the molecule is O=C(c1ccccc1)c1cccc(C(S)C(=O)O)c1. The minimum Gasteiger partial charge on any atom is -0.480 e. The maximum atomic E-state index is 12.2. The zero-order valence-corrected chi connectivity index (χ0v) is 10.9. The summed E-state index contributed by atoms with van der Waals surface area (Å²) in [5.74, 6) is -1.17. The highest BCUT2D eigenvalue weighted by Crippen LogP contribution is 2.22. The minimum absolute atomic E-state index is 0.131. The van der Waals surface area contributed by atoms with E-state index in [4.69, 9.17) is 5.11 Å². The summed E-state index contributed by atoms with van der Waals surface area (Å²) in [6, 6.07) is 15.4. The Morgan fingerprint density at radius 1 is 0.947 bits per heavy atom. The maximum absolute atomic E-state index is 12.2. The van der Waals surface area contributed by atoms with Gasteiger partial charge in [0.15, 0.2) is 5.78 Å². The van der Waals surface area contributed by atoms with Gasteiger partial charge in [0, 0.05) is 11.1 Å². The third kappa shape index (κ3) is 3.03. The molecule has 0 aromatic heterocycles. The second kappa shape index (κ2) is 5.71. The van der Waals surface area contributed by atoms with Gasteiger partial charge in [-0.05, 0) is 11.6 Å². The molecule has 4 heteroatoms. The Morgan fingerprint density at radius 3 is 2.21 bits per heavy atom. The van der Waals surface area contributed by atoms with Gasteiger partial charge in [-0.1, -0.05) is 48.5 Å². The van der Waals surface area contributed by atoms with E-state index in [1.165, 1.54) is 0 Å². The van der Waals surface area contributed by atoms with Gasteiger partial charge < -0.3 is 5.11 Å². The van der Waals surface area contributed by atoms with Crippen LogP contribution in [0.1, 0.15) is 26.7 Å². The first-order valence-electron chi connectivity index (χ1n) is 5.70. The van der Waals surface area contributed by atoms with Gasteiger partial charge in [-0.15, -0.1) is 0 Å². The van der Waals surface area contributed by atoms with Crippen LogP contribution in [-0.2, 0) is 4.79 Å². The average molecular weight is 272 g/mol. The second-order valence-corrected chi connectivity index (χ2v) is 4.58. The number of carbonyl (C=O) groups excluding carboxylic acids is 1. The molecule has 0 saturated heterocycles. The number of aliphatic carboxylic acids is 1. The third-order valence-corrected chi connectivity index (χ3v) is 3.25. The summed E-state index contributed by atoms with van der Waals surface area (Å²) in [5, 5.41) is 7.99. The van der Waals surface area contributed by atoms with E-state index in [-0.39, 0.29) is 5.78 Å². The van der Waals surface area contributed by atoms with Crippen molar-refractivity contribution in [2.24, 2.45) is 0 Å². The highest BCUT2D eigenvalue weighted by Gasteiger charge is 2.16. The molecular formula is C15H12O3S. The van der Waals surface area contributed by atoms with Gasteiger partial charge in [0.1, 0.15) is 5.25 Å². The lowest BCUT2D eigenvalue weighted by Gasteiger charge is -2.08. The molecule has 96 valence electrons. The van der Waals surface area contributed by atoms with Crippen molar-refractivity contribution >= 4 is 24.4 Å². The van der Waals surface area contributed by atoms with Crippen LogP contribution in [-0.4, -0.2) is 16.9 Å². The van der Waals surface area contributed by atoms with Crippen molar-refractivity contribution in [2.75, 3.05) is 0 Å². The van der Waals surface area contributed by atoms with Crippen LogP contribution in [0.2, 0.25) is 0 Å². The average Bonchev–Trinajstić information content (AvgIpc) is 2.46. The number of rotatable bonds is 4. The number of hydrogen-bond donors (Lipinski definition) is 2. The largest absolute Gasteiger partial charge is 0.480 e. The van der Waals surface area contributed by atoms with Crippen molar-refractivity contribution in [1.29, 1.82) is 0 Å². The number of thiol groups is 1. The quantitative estimate of drug-likeness (QED) is 0.664. The molecule has 3 nitrogen and oxygen atoms in total. The van der Waals surface area contributed by atoms with E-state index < -0.39 is 11.2 Å². The van der Waals surface area contributed by atoms with Gasteiger partial charge in [0.25, 0.3) is 0 Å². The summed E-state index contributed by atoms with van der Waals surface area (Å²) in [6.07, 6.45) is 0. The Kier molecular flexibility index (Phi) is 4.02. The predicted molar refractivity (Wildman–Crippen MR) is 75.7 cm³/mol. The topological polar surface area (TPSA) is 54.4 Å². The third-order valence-electron chi connectivity index (χ3n) is 2.73. The zero-order chi connectivity index (χ0) is 13.8. The molecule has 2 aromatic carbocycles. The van der Waals surface area contributed by atoms with Crippen LogP contribution in [0.5, 0.6) is 0 Å². The highest BCUT2D eigenvalue weighted by atomic mass is 32.1. The molecular weight excluding hydrogens is 260 g/mol. The molecule has 0 bridgehead atoms. The van der Waals surface area contributed by atoms with Crippen LogP contribution in [0, 0.1) is 0 Å². The van der Waals surface area contributed by atoms with Crippen molar-refractivity contribution in [3.8, 4) is 0 Å². The van der Waals surface area contributed by atoms with Gasteiger partial charge in [0.05, 0.1) is 0 Å². The standard InChI is InChI=1S/C15H12O3S/c16-13(10-5-2-1-3-6-10)11-7-4-8-12(9-11)14(19)15(17)18/h1-9,14,19H,(H,17,18). The molecule has 1 N–H and O–H groups in total. The number of carboxylic acids is 1. The Morgan fingerprint density at radius 2 is 1.58 bits per heavy atom. The van der Waals surface area contributed by atoms with Gasteiger partial charge in [-0.3, -0.25) is 9.59 Å². The van der Waals surface area contributed by atoms with Crippen LogP contribution < -0.4 is 0 Å². The molecule has 0 radical (unpaired) electrons. The summed E-state index contributed by atoms with van der Waals surface area (Å²) < 4.78 is 0. The first-order chi connectivity index (χ1) is 9.09. The summed E-state index contributed by atoms with van der Waals surface area (Å²) in [5.41, 5.74) is 1.53.